The first-order chi connectivity index (χ1) is 21.3. The quantitative estimate of drug-likeness (QED) is 0.128. The van der Waals surface area contributed by atoms with Gasteiger partial charge in [-0.25, -0.2) is 0 Å². The second kappa shape index (κ2) is 12.1. The molecule has 5 aromatic rings. The third-order valence-electron chi connectivity index (χ3n) is 8.16. The Morgan fingerprint density at radius 1 is 0.818 bits per heavy atom. The normalized spacial score (nSPS) is 20.1. The van der Waals surface area contributed by atoms with E-state index >= 15 is 0 Å². The summed E-state index contributed by atoms with van der Waals surface area (Å²) < 4.78 is 25.6. The van der Waals surface area contributed by atoms with Crippen LogP contribution in [0.1, 0.15) is 22.9 Å². The Hall–Kier alpha value is -4.74. The zero-order valence-corrected chi connectivity index (χ0v) is 24.1. The van der Waals surface area contributed by atoms with Crippen molar-refractivity contribution >= 4 is 16.6 Å². The maximum atomic E-state index is 11.2. The lowest BCUT2D eigenvalue weighted by Gasteiger charge is -2.37. The largest absolute Gasteiger partial charge is 0.497 e. The van der Waals surface area contributed by atoms with Crippen LogP contribution >= 0.6 is 0 Å². The van der Waals surface area contributed by atoms with Crippen LogP contribution in [0.3, 0.4) is 0 Å². The minimum Gasteiger partial charge on any atom is -0.497 e. The zero-order valence-electron chi connectivity index (χ0n) is 24.1. The number of aliphatic hydroxyl groups excluding tert-OH is 2. The molecular formula is C34H32N2O8. The predicted molar refractivity (Wildman–Crippen MR) is 163 cm³/mol. The van der Waals surface area contributed by atoms with Gasteiger partial charge in [0.2, 0.25) is 0 Å². The van der Waals surface area contributed by atoms with Crippen LogP contribution in [0.5, 0.6) is 11.5 Å². The summed E-state index contributed by atoms with van der Waals surface area (Å²) in [5.41, 5.74) is 1.94. The molecular weight excluding hydrogens is 564 g/mol. The first-order valence-corrected chi connectivity index (χ1v) is 14.1. The fraction of sp³-hybridized carbons (Fsp3) is 0.235. The number of nitro benzene ring substituents is 1. The molecule has 226 valence electrons. The first kappa shape index (κ1) is 29.3. The van der Waals surface area contributed by atoms with E-state index in [4.69, 9.17) is 18.9 Å². The van der Waals surface area contributed by atoms with E-state index in [1.807, 2.05) is 78.9 Å². The maximum absolute atomic E-state index is 11.2. The molecule has 0 aliphatic carbocycles. The SMILES string of the molecule is COc1ccc(C(OC[C@H]2O[C@@H](n3ccc4cc([N+](=O)[O-])ccc43)C(O)[C@H]2O)(c2ccccc2)c2ccc(OC)cc2)cc1. The van der Waals surface area contributed by atoms with Crippen LogP contribution in [-0.4, -0.2) is 58.8 Å². The summed E-state index contributed by atoms with van der Waals surface area (Å²) in [5, 5.41) is 34.1. The summed E-state index contributed by atoms with van der Waals surface area (Å²) in [6.07, 6.45) is -2.70. The van der Waals surface area contributed by atoms with Crippen molar-refractivity contribution in [1.82, 2.24) is 4.57 Å². The number of ether oxygens (including phenoxy) is 4. The number of aliphatic hydroxyl groups is 2. The van der Waals surface area contributed by atoms with Gasteiger partial charge < -0.3 is 33.7 Å². The van der Waals surface area contributed by atoms with E-state index in [0.717, 1.165) is 16.7 Å². The third-order valence-corrected chi connectivity index (χ3v) is 8.16. The molecule has 1 aliphatic rings. The lowest BCUT2D eigenvalue weighted by atomic mass is 9.80. The van der Waals surface area contributed by atoms with E-state index in [2.05, 4.69) is 0 Å². The number of hydrogen-bond acceptors (Lipinski definition) is 8. The van der Waals surface area contributed by atoms with E-state index < -0.39 is 35.1 Å². The molecule has 0 radical (unpaired) electrons. The van der Waals surface area contributed by atoms with Gasteiger partial charge in [-0.3, -0.25) is 10.1 Å². The van der Waals surface area contributed by atoms with Gasteiger partial charge in [0.05, 0.1) is 31.3 Å². The Morgan fingerprint density at radius 3 is 1.98 bits per heavy atom. The highest BCUT2D eigenvalue weighted by atomic mass is 16.6. The van der Waals surface area contributed by atoms with Gasteiger partial charge in [0.25, 0.3) is 5.69 Å². The maximum Gasteiger partial charge on any atom is 0.270 e. The Labute approximate surface area is 253 Å². The van der Waals surface area contributed by atoms with Crippen LogP contribution in [0.4, 0.5) is 5.69 Å². The number of aromatic nitrogens is 1. The van der Waals surface area contributed by atoms with Gasteiger partial charge in [0.15, 0.2) is 6.23 Å². The second-order valence-electron chi connectivity index (χ2n) is 10.6. The van der Waals surface area contributed by atoms with Gasteiger partial charge >= 0.3 is 0 Å². The molecule has 2 heterocycles. The average molecular weight is 597 g/mol. The first-order valence-electron chi connectivity index (χ1n) is 14.1. The molecule has 44 heavy (non-hydrogen) atoms. The molecule has 10 heteroatoms. The van der Waals surface area contributed by atoms with Crippen molar-refractivity contribution in [3.05, 3.63) is 136 Å². The van der Waals surface area contributed by atoms with Gasteiger partial charge in [0, 0.05) is 23.7 Å². The minimum absolute atomic E-state index is 0.0382. The summed E-state index contributed by atoms with van der Waals surface area (Å²) in [4.78, 5) is 10.8. The average Bonchev–Trinajstić information content (AvgIpc) is 3.61. The summed E-state index contributed by atoms with van der Waals surface area (Å²) in [6, 6.07) is 31.1. The molecule has 1 fully saturated rings. The highest BCUT2D eigenvalue weighted by molar-refractivity contribution is 5.82. The highest BCUT2D eigenvalue weighted by Gasteiger charge is 2.46. The molecule has 1 aromatic heterocycles. The molecule has 10 nitrogen and oxygen atoms in total. The Kier molecular flexibility index (Phi) is 8.07. The molecule has 0 saturated carbocycles. The smallest absolute Gasteiger partial charge is 0.270 e. The lowest BCUT2D eigenvalue weighted by Crippen LogP contribution is -2.39. The predicted octanol–water partition coefficient (Wildman–Crippen LogP) is 5.19. The van der Waals surface area contributed by atoms with Crippen molar-refractivity contribution in [2.75, 3.05) is 20.8 Å². The Morgan fingerprint density at radius 2 is 1.41 bits per heavy atom. The number of methoxy groups -OCH3 is 2. The highest BCUT2D eigenvalue weighted by Crippen LogP contribution is 2.43. The number of rotatable bonds is 10. The molecule has 1 unspecified atom stereocenters. The molecule has 0 spiro atoms. The van der Waals surface area contributed by atoms with E-state index in [0.29, 0.717) is 22.4 Å². The van der Waals surface area contributed by atoms with Crippen molar-refractivity contribution < 1.29 is 34.1 Å². The van der Waals surface area contributed by atoms with Crippen LogP contribution in [0.15, 0.2) is 109 Å². The molecule has 2 N–H and O–H groups in total. The van der Waals surface area contributed by atoms with Gasteiger partial charge in [-0.05, 0) is 53.1 Å². The Balaban J connectivity index is 1.37. The monoisotopic (exact) mass is 596 g/mol. The molecule has 1 saturated heterocycles. The van der Waals surface area contributed by atoms with Crippen molar-refractivity contribution in [3.63, 3.8) is 0 Å². The van der Waals surface area contributed by atoms with Crippen LogP contribution < -0.4 is 9.47 Å². The van der Waals surface area contributed by atoms with Crippen LogP contribution in [0, 0.1) is 10.1 Å². The van der Waals surface area contributed by atoms with Crippen molar-refractivity contribution in [2.45, 2.75) is 30.1 Å². The summed E-state index contributed by atoms with van der Waals surface area (Å²) in [6.45, 7) is -0.0770. The summed E-state index contributed by atoms with van der Waals surface area (Å²) in [5.74, 6) is 1.38. The van der Waals surface area contributed by atoms with Crippen molar-refractivity contribution in [2.24, 2.45) is 0 Å². The van der Waals surface area contributed by atoms with Crippen molar-refractivity contribution in [1.29, 1.82) is 0 Å². The second-order valence-corrected chi connectivity index (χ2v) is 10.6. The van der Waals surface area contributed by atoms with E-state index in [-0.39, 0.29) is 12.3 Å². The Bertz CT molecular complexity index is 1690. The van der Waals surface area contributed by atoms with Crippen LogP contribution in [-0.2, 0) is 15.1 Å². The topological polar surface area (TPSA) is 125 Å². The van der Waals surface area contributed by atoms with E-state index in [9.17, 15) is 20.3 Å². The summed E-state index contributed by atoms with van der Waals surface area (Å²) >= 11 is 0. The lowest BCUT2D eigenvalue weighted by molar-refractivity contribution is -0.384. The van der Waals surface area contributed by atoms with Gasteiger partial charge in [-0.2, -0.15) is 0 Å². The van der Waals surface area contributed by atoms with Gasteiger partial charge in [0.1, 0.15) is 35.4 Å². The molecule has 6 rings (SSSR count). The molecule has 4 atom stereocenters. The third kappa shape index (κ3) is 5.18. The molecule has 0 amide bonds. The van der Waals surface area contributed by atoms with Gasteiger partial charge in [-0.1, -0.05) is 54.6 Å². The fourth-order valence-electron chi connectivity index (χ4n) is 5.87. The van der Waals surface area contributed by atoms with Crippen molar-refractivity contribution in [3.8, 4) is 11.5 Å². The number of non-ortho nitro benzene ring substituents is 1. The fourth-order valence-corrected chi connectivity index (χ4v) is 5.87. The zero-order chi connectivity index (χ0) is 30.8. The van der Waals surface area contributed by atoms with Crippen LogP contribution in [0.25, 0.3) is 10.9 Å². The number of fused-ring (bicyclic) bond motifs is 1. The number of hydrogen-bond donors (Lipinski definition) is 2. The van der Waals surface area contributed by atoms with Gasteiger partial charge in [-0.15, -0.1) is 0 Å². The van der Waals surface area contributed by atoms with E-state index in [1.165, 1.54) is 12.1 Å². The molecule has 1 aliphatic heterocycles. The number of nitrogens with zero attached hydrogens (tertiary/aromatic N) is 2. The number of nitro groups is 1. The standard InChI is InChI=1S/C34H32N2O8/c1-41-27-13-8-24(9-14-27)34(23-6-4-3-5-7-23,25-10-15-28(42-2)16-11-25)43-21-30-31(37)32(38)33(44-30)35-19-18-22-20-26(36(39)40)12-17-29(22)35/h3-20,30-33,37-38H,21H2,1-2H3/t30-,31+,32?,33-/m1/s1. The minimum atomic E-state index is -1.28. The van der Waals surface area contributed by atoms with Crippen LogP contribution in [0.2, 0.25) is 0 Å². The molecule has 0 bridgehead atoms. The summed E-state index contributed by atoms with van der Waals surface area (Å²) in [7, 11) is 3.21. The van der Waals surface area contributed by atoms with E-state index in [1.54, 1.807) is 37.1 Å². The number of benzene rings is 4. The molecule has 4 aromatic carbocycles.